The van der Waals surface area contributed by atoms with Crippen LogP contribution in [0.4, 0.5) is 5.69 Å². The highest BCUT2D eigenvalue weighted by Gasteiger charge is 2.50. The van der Waals surface area contributed by atoms with Crippen molar-refractivity contribution in [2.24, 2.45) is 23.2 Å². The summed E-state index contributed by atoms with van der Waals surface area (Å²) in [5.41, 5.74) is 0.0551. The van der Waals surface area contributed by atoms with Crippen molar-refractivity contribution < 1.29 is 19.2 Å². The van der Waals surface area contributed by atoms with Gasteiger partial charge in [-0.05, 0) is 73.8 Å². The average Bonchev–Trinajstić information content (AvgIpc) is 2.63. The third-order valence-electron chi connectivity index (χ3n) is 6.55. The zero-order valence-electron chi connectivity index (χ0n) is 15.6. The molecule has 4 saturated carbocycles. The molecule has 0 saturated heterocycles. The van der Waals surface area contributed by atoms with E-state index >= 15 is 0 Å². The van der Waals surface area contributed by atoms with Gasteiger partial charge >= 0.3 is 5.69 Å². The molecule has 1 N–H and O–H groups in total. The van der Waals surface area contributed by atoms with Crippen molar-refractivity contribution in [3.05, 3.63) is 28.3 Å². The Morgan fingerprint density at radius 1 is 1.22 bits per heavy atom. The van der Waals surface area contributed by atoms with Crippen molar-refractivity contribution in [1.29, 1.82) is 0 Å². The summed E-state index contributed by atoms with van der Waals surface area (Å²) >= 11 is 0. The molecule has 5 rings (SSSR count). The van der Waals surface area contributed by atoms with E-state index in [1.165, 1.54) is 57.8 Å². The van der Waals surface area contributed by atoms with E-state index in [9.17, 15) is 14.9 Å². The lowest BCUT2D eigenvalue weighted by Crippen LogP contribution is -2.51. The van der Waals surface area contributed by atoms with E-state index in [1.54, 1.807) is 6.07 Å². The van der Waals surface area contributed by atoms with Crippen molar-refractivity contribution in [2.45, 2.75) is 38.5 Å². The van der Waals surface area contributed by atoms with E-state index in [2.05, 4.69) is 5.32 Å². The van der Waals surface area contributed by atoms with Crippen LogP contribution in [-0.4, -0.2) is 31.1 Å². The number of nitro groups is 1. The Balaban J connectivity index is 1.32. The predicted molar refractivity (Wildman–Crippen MR) is 98.8 cm³/mol. The minimum absolute atomic E-state index is 0.0748. The van der Waals surface area contributed by atoms with E-state index in [1.807, 2.05) is 0 Å². The van der Waals surface area contributed by atoms with Gasteiger partial charge in [-0.3, -0.25) is 14.9 Å². The van der Waals surface area contributed by atoms with Crippen LogP contribution >= 0.6 is 0 Å². The summed E-state index contributed by atoms with van der Waals surface area (Å²) in [6.07, 6.45) is 7.80. The minimum atomic E-state index is -0.537. The van der Waals surface area contributed by atoms with Crippen molar-refractivity contribution >= 4 is 11.6 Å². The maximum absolute atomic E-state index is 12.3. The first-order valence-corrected chi connectivity index (χ1v) is 9.68. The molecule has 4 aliphatic carbocycles. The lowest BCUT2D eigenvalue weighted by molar-refractivity contribution is -0.385. The Hall–Kier alpha value is -2.31. The third-order valence-corrected chi connectivity index (χ3v) is 6.55. The lowest BCUT2D eigenvalue weighted by Gasteiger charge is -2.56. The van der Waals surface area contributed by atoms with Gasteiger partial charge in [0.25, 0.3) is 5.91 Å². The number of methoxy groups -OCH3 is 1. The van der Waals surface area contributed by atoms with Crippen molar-refractivity contribution in [3.63, 3.8) is 0 Å². The Labute approximate surface area is 158 Å². The van der Waals surface area contributed by atoms with Crippen molar-refractivity contribution in [2.75, 3.05) is 20.3 Å². The molecule has 146 valence electrons. The van der Waals surface area contributed by atoms with Gasteiger partial charge in [-0.1, -0.05) is 0 Å². The summed E-state index contributed by atoms with van der Waals surface area (Å²) in [6, 6.07) is 4.33. The highest BCUT2D eigenvalue weighted by atomic mass is 16.6. The number of hydrogen-bond donors (Lipinski definition) is 1. The maximum Gasteiger partial charge on any atom is 0.314 e. The number of ether oxygens (including phenoxy) is 2. The van der Waals surface area contributed by atoms with Crippen LogP contribution in [-0.2, 0) is 4.79 Å². The van der Waals surface area contributed by atoms with Gasteiger partial charge in [0, 0.05) is 6.54 Å². The van der Waals surface area contributed by atoms with Crippen molar-refractivity contribution in [1.82, 2.24) is 5.32 Å². The summed E-state index contributed by atoms with van der Waals surface area (Å²) in [5, 5.41) is 14.2. The molecule has 1 aromatic rings. The molecule has 4 fully saturated rings. The molecule has 0 spiro atoms. The maximum atomic E-state index is 12.3. The molecule has 7 heteroatoms. The molecule has 0 aliphatic heterocycles. The molecule has 4 aliphatic rings. The van der Waals surface area contributed by atoms with Gasteiger partial charge < -0.3 is 14.8 Å². The van der Waals surface area contributed by atoms with Crippen LogP contribution in [0.3, 0.4) is 0 Å². The predicted octanol–water partition coefficient (Wildman–Crippen LogP) is 3.31. The van der Waals surface area contributed by atoms with E-state index in [0.29, 0.717) is 12.3 Å². The number of amides is 1. The Morgan fingerprint density at radius 2 is 1.85 bits per heavy atom. The van der Waals surface area contributed by atoms with Gasteiger partial charge in [0.1, 0.15) is 5.75 Å². The minimum Gasteiger partial charge on any atom is -0.496 e. The molecular formula is C20H26N2O5. The van der Waals surface area contributed by atoms with Crippen LogP contribution < -0.4 is 14.8 Å². The van der Waals surface area contributed by atoms with Gasteiger partial charge in [-0.15, -0.1) is 0 Å². The average molecular weight is 374 g/mol. The number of carbonyl (C=O) groups is 1. The smallest absolute Gasteiger partial charge is 0.314 e. The van der Waals surface area contributed by atoms with E-state index in [4.69, 9.17) is 9.47 Å². The van der Waals surface area contributed by atoms with Crippen LogP contribution in [0.1, 0.15) is 38.5 Å². The second kappa shape index (κ2) is 7.02. The largest absolute Gasteiger partial charge is 0.496 e. The van der Waals surface area contributed by atoms with Gasteiger partial charge in [-0.2, -0.15) is 0 Å². The van der Waals surface area contributed by atoms with Gasteiger partial charge in [0.2, 0.25) is 0 Å². The van der Waals surface area contributed by atoms with Crippen molar-refractivity contribution in [3.8, 4) is 11.5 Å². The number of rotatable bonds is 7. The number of carbonyl (C=O) groups excluding carboxylic acids is 1. The Morgan fingerprint density at radius 3 is 2.41 bits per heavy atom. The first-order chi connectivity index (χ1) is 13.0. The van der Waals surface area contributed by atoms with Crippen LogP contribution in [0, 0.1) is 33.3 Å². The zero-order chi connectivity index (χ0) is 19.0. The molecule has 0 unspecified atom stereocenters. The van der Waals surface area contributed by atoms with Gasteiger partial charge in [-0.25, -0.2) is 0 Å². The number of nitrogens with zero attached hydrogens (tertiary/aromatic N) is 1. The topological polar surface area (TPSA) is 90.7 Å². The van der Waals surface area contributed by atoms with E-state index in [0.717, 1.165) is 17.8 Å². The number of nitro benzene ring substituents is 1. The van der Waals surface area contributed by atoms with Gasteiger partial charge in [0.05, 0.1) is 18.1 Å². The summed E-state index contributed by atoms with van der Waals surface area (Å²) in [4.78, 5) is 22.9. The molecule has 7 nitrogen and oxygen atoms in total. The summed E-state index contributed by atoms with van der Waals surface area (Å²) in [6.45, 7) is 0.475. The zero-order valence-corrected chi connectivity index (χ0v) is 15.6. The Kier molecular flexibility index (Phi) is 4.70. The highest BCUT2D eigenvalue weighted by Crippen LogP contribution is 2.59. The molecule has 0 aromatic heterocycles. The summed E-state index contributed by atoms with van der Waals surface area (Å²) in [7, 11) is 1.44. The van der Waals surface area contributed by atoms with Crippen LogP contribution in [0.5, 0.6) is 11.5 Å². The quantitative estimate of drug-likeness (QED) is 0.584. The highest BCUT2D eigenvalue weighted by molar-refractivity contribution is 5.77. The van der Waals surface area contributed by atoms with Crippen LogP contribution in [0.2, 0.25) is 0 Å². The van der Waals surface area contributed by atoms with E-state index < -0.39 is 4.92 Å². The van der Waals surface area contributed by atoms with Gasteiger partial charge in [0.15, 0.2) is 12.4 Å². The normalized spacial score (nSPS) is 30.8. The molecule has 1 amide bonds. The second-order valence-corrected chi connectivity index (χ2v) is 8.57. The fourth-order valence-electron chi connectivity index (χ4n) is 5.88. The molecule has 0 heterocycles. The second-order valence-electron chi connectivity index (χ2n) is 8.57. The first-order valence-electron chi connectivity index (χ1n) is 9.68. The number of nitrogens with one attached hydrogen (secondary N) is 1. The number of benzene rings is 1. The van der Waals surface area contributed by atoms with Crippen LogP contribution in [0.25, 0.3) is 0 Å². The standard InChI is InChI=1S/C20H26N2O5/c1-26-16-2-3-18(17(7-16)22(24)25)27-11-19(23)21-12-20-8-13-4-14(9-20)6-15(5-13)10-20/h2-3,7,13-15H,4-6,8-12H2,1H3,(H,21,23). The lowest BCUT2D eigenvalue weighted by atomic mass is 9.49. The first kappa shape index (κ1) is 18.1. The molecule has 1 aromatic carbocycles. The van der Waals surface area contributed by atoms with E-state index in [-0.39, 0.29) is 29.4 Å². The van der Waals surface area contributed by atoms with Crippen LogP contribution in [0.15, 0.2) is 18.2 Å². The molecule has 0 radical (unpaired) electrons. The molecule has 27 heavy (non-hydrogen) atoms. The fourth-order valence-corrected chi connectivity index (χ4v) is 5.88. The molecule has 4 bridgehead atoms. The summed E-state index contributed by atoms with van der Waals surface area (Å²) in [5.74, 6) is 2.74. The summed E-state index contributed by atoms with van der Waals surface area (Å²) < 4.78 is 10.4. The molecular weight excluding hydrogens is 348 g/mol. The Bertz CT molecular complexity index is 713. The fraction of sp³-hybridized carbons (Fsp3) is 0.650. The third kappa shape index (κ3) is 3.73. The SMILES string of the molecule is COc1ccc(OCC(=O)NCC23CC4CC(CC(C4)C2)C3)c([N+](=O)[O-])c1. The number of hydrogen-bond acceptors (Lipinski definition) is 5. The monoisotopic (exact) mass is 374 g/mol. The molecule has 0 atom stereocenters.